The number of nitrogens with zero attached hydrogens (tertiary/aromatic N) is 3. The Balaban J connectivity index is 2.16. The Kier molecular flexibility index (Phi) is 2.86. The minimum atomic E-state index is -0.349. The number of aromatic nitrogens is 3. The van der Waals surface area contributed by atoms with Crippen molar-refractivity contribution in [2.45, 2.75) is 19.9 Å². The van der Waals surface area contributed by atoms with Crippen molar-refractivity contribution in [3.63, 3.8) is 0 Å². The molecule has 6 nitrogen and oxygen atoms in total. The number of aryl methyl sites for hydroxylation is 3. The van der Waals surface area contributed by atoms with Gasteiger partial charge in [-0.2, -0.15) is 9.77 Å². The first-order valence-corrected chi connectivity index (χ1v) is 5.28. The number of phenols is 1. The Bertz CT molecular complexity index is 585. The van der Waals surface area contributed by atoms with Crippen molar-refractivity contribution >= 4 is 0 Å². The number of benzene rings is 1. The molecule has 0 unspecified atom stereocenters. The molecular weight excluding hydrogens is 220 g/mol. The Morgan fingerprint density at radius 2 is 2.12 bits per heavy atom. The van der Waals surface area contributed by atoms with E-state index in [2.05, 4.69) is 5.10 Å². The fraction of sp³-hybridized carbons (Fsp3) is 0.273. The average molecular weight is 234 g/mol. The summed E-state index contributed by atoms with van der Waals surface area (Å²) < 4.78 is 2.30. The zero-order valence-electron chi connectivity index (χ0n) is 9.50. The van der Waals surface area contributed by atoms with Crippen LogP contribution in [-0.2, 0) is 13.0 Å². The van der Waals surface area contributed by atoms with Gasteiger partial charge in [0.15, 0.2) is 0 Å². The molecule has 0 aliphatic heterocycles. The molecule has 90 valence electrons. The van der Waals surface area contributed by atoms with E-state index < -0.39 is 0 Å². The summed E-state index contributed by atoms with van der Waals surface area (Å²) >= 11 is 0. The quantitative estimate of drug-likeness (QED) is 0.733. The van der Waals surface area contributed by atoms with Gasteiger partial charge in [-0.1, -0.05) is 18.2 Å². The van der Waals surface area contributed by atoms with Crippen molar-refractivity contribution in [3.8, 4) is 5.75 Å². The minimum Gasteiger partial charge on any atom is -0.508 e. The van der Waals surface area contributed by atoms with Crippen molar-refractivity contribution in [3.05, 3.63) is 46.1 Å². The molecule has 1 aromatic heterocycles. The number of rotatable bonds is 3. The van der Waals surface area contributed by atoms with Crippen LogP contribution < -0.4 is 11.5 Å². The van der Waals surface area contributed by atoms with Crippen LogP contribution in [0.4, 0.5) is 0 Å². The highest BCUT2D eigenvalue weighted by Gasteiger charge is 2.07. The molecule has 6 heteroatoms. The molecule has 3 N–H and O–H groups in total. The molecular formula is C11H14N4O2. The van der Waals surface area contributed by atoms with Crippen LogP contribution in [0.1, 0.15) is 11.4 Å². The van der Waals surface area contributed by atoms with Crippen LogP contribution in [0.25, 0.3) is 0 Å². The number of hydrogen-bond acceptors (Lipinski definition) is 4. The minimum absolute atomic E-state index is 0.226. The predicted octanol–water partition coefficient (Wildman–Crippen LogP) is 0.0153. The van der Waals surface area contributed by atoms with E-state index in [1.807, 2.05) is 12.1 Å². The molecule has 0 aliphatic carbocycles. The van der Waals surface area contributed by atoms with Gasteiger partial charge in [-0.3, -0.25) is 0 Å². The molecule has 0 fully saturated rings. The van der Waals surface area contributed by atoms with Gasteiger partial charge in [0.25, 0.3) is 0 Å². The van der Waals surface area contributed by atoms with Crippen molar-refractivity contribution in [1.29, 1.82) is 0 Å². The van der Waals surface area contributed by atoms with Crippen molar-refractivity contribution in [2.24, 2.45) is 0 Å². The van der Waals surface area contributed by atoms with Crippen LogP contribution in [0.5, 0.6) is 5.75 Å². The SMILES string of the molecule is Cc1nn(CCc2ccccc2O)c(=O)n1N. The summed E-state index contributed by atoms with van der Waals surface area (Å²) in [6.45, 7) is 2.05. The lowest BCUT2D eigenvalue weighted by atomic mass is 10.1. The number of nitrogens with two attached hydrogens (primary N) is 1. The number of hydrogen-bond donors (Lipinski definition) is 2. The third-order valence-corrected chi connectivity index (χ3v) is 2.63. The molecule has 0 spiro atoms. The smallest absolute Gasteiger partial charge is 0.364 e. The molecule has 0 bridgehead atoms. The van der Waals surface area contributed by atoms with Gasteiger partial charge in [0.1, 0.15) is 11.6 Å². The third-order valence-electron chi connectivity index (χ3n) is 2.63. The van der Waals surface area contributed by atoms with Gasteiger partial charge in [0.05, 0.1) is 6.54 Å². The summed E-state index contributed by atoms with van der Waals surface area (Å²) in [5.41, 5.74) is 0.432. The first kappa shape index (κ1) is 11.3. The lowest BCUT2D eigenvalue weighted by molar-refractivity contribution is 0.463. The van der Waals surface area contributed by atoms with E-state index in [0.717, 1.165) is 10.2 Å². The van der Waals surface area contributed by atoms with E-state index in [1.54, 1.807) is 19.1 Å². The lowest BCUT2D eigenvalue weighted by Crippen LogP contribution is -2.30. The van der Waals surface area contributed by atoms with Gasteiger partial charge in [-0.25, -0.2) is 9.48 Å². The van der Waals surface area contributed by atoms with Gasteiger partial charge in [0, 0.05) is 0 Å². The number of nitrogen functional groups attached to an aromatic ring is 1. The van der Waals surface area contributed by atoms with E-state index >= 15 is 0 Å². The molecule has 17 heavy (non-hydrogen) atoms. The van der Waals surface area contributed by atoms with E-state index in [4.69, 9.17) is 5.84 Å². The standard InChI is InChI=1S/C11H14N4O2/c1-8-13-14(11(17)15(8)12)7-6-9-4-2-3-5-10(9)16/h2-5,16H,6-7,12H2,1H3. The van der Waals surface area contributed by atoms with Crippen molar-refractivity contribution < 1.29 is 5.11 Å². The number of aromatic hydroxyl groups is 1. The van der Waals surface area contributed by atoms with E-state index in [-0.39, 0.29) is 11.4 Å². The Morgan fingerprint density at radius 3 is 2.71 bits per heavy atom. The van der Waals surface area contributed by atoms with Crippen molar-refractivity contribution in [1.82, 2.24) is 14.5 Å². The maximum atomic E-state index is 11.6. The highest BCUT2D eigenvalue weighted by molar-refractivity contribution is 5.31. The second-order valence-electron chi connectivity index (χ2n) is 3.80. The van der Waals surface area contributed by atoms with Crippen LogP contribution in [0.2, 0.25) is 0 Å². The topological polar surface area (TPSA) is 86.1 Å². The fourth-order valence-electron chi connectivity index (χ4n) is 1.62. The molecule has 2 rings (SSSR count). The first-order valence-electron chi connectivity index (χ1n) is 5.28. The fourth-order valence-corrected chi connectivity index (χ4v) is 1.62. The number of phenolic OH excluding ortho intramolecular Hbond substituents is 1. The molecule has 1 heterocycles. The molecule has 0 radical (unpaired) electrons. The third kappa shape index (κ3) is 2.15. The summed E-state index contributed by atoms with van der Waals surface area (Å²) in [5, 5.41) is 13.6. The maximum absolute atomic E-state index is 11.6. The molecule has 2 aromatic rings. The highest BCUT2D eigenvalue weighted by Crippen LogP contribution is 2.16. The number of para-hydroxylation sites is 1. The Hall–Kier alpha value is -2.24. The normalized spacial score (nSPS) is 10.6. The van der Waals surface area contributed by atoms with E-state index in [1.165, 1.54) is 4.68 Å². The second kappa shape index (κ2) is 4.32. The summed E-state index contributed by atoms with van der Waals surface area (Å²) in [6.07, 6.45) is 0.531. The molecule has 0 amide bonds. The first-order chi connectivity index (χ1) is 8.09. The second-order valence-corrected chi connectivity index (χ2v) is 3.80. The van der Waals surface area contributed by atoms with Gasteiger partial charge in [-0.15, -0.1) is 0 Å². The van der Waals surface area contributed by atoms with Crippen LogP contribution in [0.15, 0.2) is 29.1 Å². The molecule has 0 saturated heterocycles. The summed E-state index contributed by atoms with van der Waals surface area (Å²) in [7, 11) is 0. The van der Waals surface area contributed by atoms with Crippen LogP contribution in [0.3, 0.4) is 0 Å². The summed E-state index contributed by atoms with van der Waals surface area (Å²) in [5.74, 6) is 6.16. The highest BCUT2D eigenvalue weighted by atomic mass is 16.3. The van der Waals surface area contributed by atoms with E-state index in [9.17, 15) is 9.90 Å². The molecule has 0 saturated carbocycles. The summed E-state index contributed by atoms with van der Waals surface area (Å²) in [4.78, 5) is 11.6. The molecule has 0 aliphatic rings. The van der Waals surface area contributed by atoms with Gasteiger partial charge in [-0.05, 0) is 25.0 Å². The lowest BCUT2D eigenvalue weighted by Gasteiger charge is -2.03. The van der Waals surface area contributed by atoms with Crippen LogP contribution >= 0.6 is 0 Å². The average Bonchev–Trinajstić information content (AvgIpc) is 2.56. The van der Waals surface area contributed by atoms with Crippen molar-refractivity contribution in [2.75, 3.05) is 5.84 Å². The van der Waals surface area contributed by atoms with Gasteiger partial charge in [0.2, 0.25) is 0 Å². The Labute approximate surface area is 97.9 Å². The van der Waals surface area contributed by atoms with Crippen LogP contribution in [0, 0.1) is 6.92 Å². The molecule has 0 atom stereocenters. The van der Waals surface area contributed by atoms with Gasteiger partial charge < -0.3 is 10.9 Å². The Morgan fingerprint density at radius 1 is 1.41 bits per heavy atom. The zero-order valence-corrected chi connectivity index (χ0v) is 9.50. The maximum Gasteiger partial charge on any atom is 0.364 e. The largest absolute Gasteiger partial charge is 0.508 e. The van der Waals surface area contributed by atoms with Gasteiger partial charge >= 0.3 is 5.69 Å². The summed E-state index contributed by atoms with van der Waals surface area (Å²) in [6, 6.07) is 7.02. The molecule has 1 aromatic carbocycles. The predicted molar refractivity (Wildman–Crippen MR) is 63.2 cm³/mol. The monoisotopic (exact) mass is 234 g/mol. The van der Waals surface area contributed by atoms with E-state index in [0.29, 0.717) is 18.8 Å². The zero-order chi connectivity index (χ0) is 12.4. The van der Waals surface area contributed by atoms with Crippen LogP contribution in [-0.4, -0.2) is 19.6 Å².